The summed E-state index contributed by atoms with van der Waals surface area (Å²) in [5.41, 5.74) is 3.35. The van der Waals surface area contributed by atoms with Crippen molar-refractivity contribution in [1.29, 1.82) is 0 Å². The van der Waals surface area contributed by atoms with Crippen LogP contribution in [0.3, 0.4) is 0 Å². The molecule has 2 aliphatic rings. The van der Waals surface area contributed by atoms with Crippen LogP contribution < -0.4 is 5.32 Å². The third-order valence-electron chi connectivity index (χ3n) is 8.57. The molecule has 7 nitrogen and oxygen atoms in total. The zero-order valence-electron chi connectivity index (χ0n) is 22.8. The van der Waals surface area contributed by atoms with Gasteiger partial charge in [0.1, 0.15) is 11.6 Å². The van der Waals surface area contributed by atoms with Crippen molar-refractivity contribution in [3.8, 4) is 0 Å². The molecule has 2 bridgehead atoms. The number of imidazole rings is 1. The highest BCUT2D eigenvalue weighted by atomic mass is 32.2. The summed E-state index contributed by atoms with van der Waals surface area (Å²) in [6, 6.07) is 16.3. The van der Waals surface area contributed by atoms with Crippen LogP contribution in [0, 0.1) is 12.7 Å². The predicted octanol–water partition coefficient (Wildman–Crippen LogP) is 5.35. The van der Waals surface area contributed by atoms with Crippen LogP contribution in [0.2, 0.25) is 0 Å². The summed E-state index contributed by atoms with van der Waals surface area (Å²) in [6.45, 7) is 2.90. The Kier molecular flexibility index (Phi) is 7.51. The van der Waals surface area contributed by atoms with Gasteiger partial charge in [0.15, 0.2) is 0 Å². The van der Waals surface area contributed by atoms with Crippen LogP contribution in [0.25, 0.3) is 11.0 Å². The van der Waals surface area contributed by atoms with Crippen LogP contribution in [0.1, 0.15) is 65.9 Å². The van der Waals surface area contributed by atoms with Gasteiger partial charge in [0.2, 0.25) is 0 Å². The van der Waals surface area contributed by atoms with Crippen LogP contribution in [0.5, 0.6) is 0 Å². The molecule has 0 aliphatic carbocycles. The Morgan fingerprint density at radius 1 is 1.10 bits per heavy atom. The number of benzene rings is 2. The zero-order chi connectivity index (χ0) is 27.8. The summed E-state index contributed by atoms with van der Waals surface area (Å²) in [7, 11) is -1.11. The minimum Gasteiger partial charge on any atom is -0.345 e. The molecule has 1 amide bonds. The highest BCUT2D eigenvalue weighted by Gasteiger charge is 2.41. The van der Waals surface area contributed by atoms with E-state index in [1.165, 1.54) is 12.1 Å². The quantitative estimate of drug-likeness (QED) is 0.315. The van der Waals surface area contributed by atoms with E-state index in [1.807, 2.05) is 18.3 Å². The molecule has 2 aromatic carbocycles. The molecule has 4 aromatic rings. The average Bonchev–Trinajstić information content (AvgIpc) is 3.41. The number of nitrogens with zero attached hydrogens (tertiary/aromatic N) is 4. The van der Waals surface area contributed by atoms with E-state index >= 15 is 0 Å². The number of hydrogen-bond acceptors (Lipinski definition) is 5. The van der Waals surface area contributed by atoms with Gasteiger partial charge in [-0.15, -0.1) is 0 Å². The SMILES string of the molecule is Cc1nc2ccncc2n1C1C[C@H]2CC[C@@H](C1)N2CC[C@H](NC(=O)c1ccc(S(C)=O)cc1)c1cccc(F)c1. The van der Waals surface area contributed by atoms with Gasteiger partial charge in [-0.25, -0.2) is 9.37 Å². The zero-order valence-corrected chi connectivity index (χ0v) is 23.6. The van der Waals surface area contributed by atoms with E-state index in [1.54, 1.807) is 42.8 Å². The molecule has 2 fully saturated rings. The number of aromatic nitrogens is 3. The lowest BCUT2D eigenvalue weighted by atomic mass is 9.95. The topological polar surface area (TPSA) is 80.1 Å². The van der Waals surface area contributed by atoms with Gasteiger partial charge in [-0.3, -0.25) is 18.9 Å². The van der Waals surface area contributed by atoms with E-state index in [9.17, 15) is 13.4 Å². The Balaban J connectivity index is 1.17. The van der Waals surface area contributed by atoms with Crippen molar-refractivity contribution in [2.45, 2.75) is 68.1 Å². The fourth-order valence-electron chi connectivity index (χ4n) is 6.71. The molecule has 2 unspecified atom stereocenters. The maximum Gasteiger partial charge on any atom is 0.251 e. The summed E-state index contributed by atoms with van der Waals surface area (Å²) < 4.78 is 28.3. The first kappa shape index (κ1) is 26.8. The maximum atomic E-state index is 14.2. The molecule has 208 valence electrons. The normalized spacial score (nSPS) is 22.3. The Hall–Kier alpha value is -3.43. The van der Waals surface area contributed by atoms with Crippen molar-refractivity contribution < 1.29 is 13.4 Å². The lowest BCUT2D eigenvalue weighted by molar-refractivity contribution is 0.0896. The fraction of sp³-hybridized carbons (Fsp3) is 0.387. The number of hydrogen-bond donors (Lipinski definition) is 1. The number of halogens is 1. The van der Waals surface area contributed by atoms with E-state index in [0.29, 0.717) is 35.0 Å². The average molecular weight is 560 g/mol. The number of aryl methyl sites for hydroxylation is 1. The molecule has 9 heteroatoms. The highest BCUT2D eigenvalue weighted by molar-refractivity contribution is 7.84. The van der Waals surface area contributed by atoms with Gasteiger partial charge in [-0.05, 0) is 87.1 Å². The second-order valence-electron chi connectivity index (χ2n) is 11.0. The predicted molar refractivity (Wildman–Crippen MR) is 154 cm³/mol. The summed E-state index contributed by atoms with van der Waals surface area (Å²) in [5.74, 6) is 0.498. The van der Waals surface area contributed by atoms with Gasteiger partial charge in [0.05, 0.1) is 23.3 Å². The number of piperidine rings is 1. The molecule has 1 N–H and O–H groups in total. The van der Waals surface area contributed by atoms with Gasteiger partial charge in [0.25, 0.3) is 5.91 Å². The van der Waals surface area contributed by atoms with Crippen molar-refractivity contribution in [2.24, 2.45) is 0 Å². The second kappa shape index (κ2) is 11.2. The van der Waals surface area contributed by atoms with E-state index < -0.39 is 10.8 Å². The number of nitrogens with one attached hydrogen (secondary N) is 1. The molecule has 40 heavy (non-hydrogen) atoms. The van der Waals surface area contributed by atoms with Gasteiger partial charge >= 0.3 is 0 Å². The Bertz CT molecular complexity index is 1540. The van der Waals surface area contributed by atoms with Crippen molar-refractivity contribution in [1.82, 2.24) is 24.8 Å². The standard InChI is InChI=1S/C31H34FN5O2S/c1-20-34-29-12-14-33-19-30(29)37(20)26-17-24-8-9-25(18-26)36(24)15-13-28(22-4-3-5-23(32)16-22)35-31(38)21-6-10-27(11-7-21)40(2)39/h3-7,10-12,14,16,19,24-26,28H,8-9,13,15,17-18H2,1-2H3,(H,35,38)/t24-,25+,26?,28-,40?/m0/s1. The van der Waals surface area contributed by atoms with E-state index in [-0.39, 0.29) is 17.8 Å². The summed E-state index contributed by atoms with van der Waals surface area (Å²) in [4.78, 5) is 25.6. The minimum atomic E-state index is -1.11. The second-order valence-corrected chi connectivity index (χ2v) is 12.4. The lowest BCUT2D eigenvalue weighted by Gasteiger charge is -2.40. The number of rotatable bonds is 8. The van der Waals surface area contributed by atoms with Gasteiger partial charge in [0, 0.05) is 58.4 Å². The molecule has 2 aromatic heterocycles. The van der Waals surface area contributed by atoms with Gasteiger partial charge < -0.3 is 9.88 Å². The van der Waals surface area contributed by atoms with E-state index in [2.05, 4.69) is 26.7 Å². The lowest BCUT2D eigenvalue weighted by Crippen LogP contribution is -2.45. The molecule has 0 saturated carbocycles. The fourth-order valence-corrected chi connectivity index (χ4v) is 7.23. The van der Waals surface area contributed by atoms with Crippen molar-refractivity contribution in [3.05, 3.63) is 89.8 Å². The smallest absolute Gasteiger partial charge is 0.251 e. The third-order valence-corrected chi connectivity index (χ3v) is 9.51. The molecular formula is C31H34FN5O2S. The molecule has 5 atom stereocenters. The van der Waals surface area contributed by atoms with Crippen LogP contribution in [-0.2, 0) is 10.8 Å². The van der Waals surface area contributed by atoms with Gasteiger partial charge in [-0.2, -0.15) is 0 Å². The molecule has 6 rings (SSSR count). The number of amides is 1. The molecule has 2 aliphatic heterocycles. The van der Waals surface area contributed by atoms with E-state index in [0.717, 1.165) is 54.6 Å². The first-order valence-electron chi connectivity index (χ1n) is 13.9. The Morgan fingerprint density at radius 2 is 1.85 bits per heavy atom. The first-order valence-corrected chi connectivity index (χ1v) is 15.5. The van der Waals surface area contributed by atoms with Crippen LogP contribution in [0.15, 0.2) is 71.9 Å². The van der Waals surface area contributed by atoms with Crippen LogP contribution in [-0.4, -0.2) is 54.4 Å². The first-order chi connectivity index (χ1) is 19.4. The number of pyridine rings is 1. The largest absolute Gasteiger partial charge is 0.345 e. The molecule has 0 radical (unpaired) electrons. The molecule has 4 heterocycles. The third kappa shape index (κ3) is 5.32. The molecular weight excluding hydrogens is 525 g/mol. The van der Waals surface area contributed by atoms with Gasteiger partial charge in [-0.1, -0.05) is 12.1 Å². The van der Waals surface area contributed by atoms with Crippen molar-refractivity contribution in [3.63, 3.8) is 0 Å². The molecule has 0 spiro atoms. The number of fused-ring (bicyclic) bond motifs is 3. The summed E-state index contributed by atoms with van der Waals surface area (Å²) in [5, 5.41) is 3.15. The monoisotopic (exact) mass is 559 g/mol. The van der Waals surface area contributed by atoms with E-state index in [4.69, 9.17) is 4.98 Å². The Labute approximate surface area is 236 Å². The van der Waals surface area contributed by atoms with Crippen molar-refractivity contribution in [2.75, 3.05) is 12.8 Å². The number of carbonyl (C=O) groups excluding carboxylic acids is 1. The molecule has 2 saturated heterocycles. The van der Waals surface area contributed by atoms with Crippen LogP contribution in [0.4, 0.5) is 4.39 Å². The number of carbonyl (C=O) groups is 1. The van der Waals surface area contributed by atoms with Crippen LogP contribution >= 0.6 is 0 Å². The Morgan fingerprint density at radius 3 is 2.55 bits per heavy atom. The maximum absolute atomic E-state index is 14.2. The minimum absolute atomic E-state index is 0.222. The summed E-state index contributed by atoms with van der Waals surface area (Å²) >= 11 is 0. The highest BCUT2D eigenvalue weighted by Crippen LogP contribution is 2.42. The van der Waals surface area contributed by atoms with Crippen molar-refractivity contribution >= 4 is 27.7 Å². The summed E-state index contributed by atoms with van der Waals surface area (Å²) in [6.07, 6.45) is 10.4.